The average Bonchev–Trinajstić information content (AvgIpc) is 3.48. The first-order valence-electron chi connectivity index (χ1n) is 10.9. The minimum atomic E-state index is -0.535. The molecule has 2 aliphatic heterocycles. The molecule has 0 saturated carbocycles. The van der Waals surface area contributed by atoms with Crippen LogP contribution in [-0.2, 0) is 16.6 Å². The molecule has 0 bridgehead atoms. The predicted molar refractivity (Wildman–Crippen MR) is 118 cm³/mol. The van der Waals surface area contributed by atoms with Crippen LogP contribution in [-0.4, -0.2) is 57.9 Å². The number of hydrogen-bond acceptors (Lipinski definition) is 5. The average molecular weight is 431 g/mol. The summed E-state index contributed by atoms with van der Waals surface area (Å²) in [6.45, 7) is 5.88. The van der Waals surface area contributed by atoms with E-state index >= 15 is 0 Å². The van der Waals surface area contributed by atoms with E-state index < -0.39 is 5.41 Å². The Kier molecular flexibility index (Phi) is 5.04. The van der Waals surface area contributed by atoms with Crippen molar-refractivity contribution in [2.45, 2.75) is 25.7 Å². The van der Waals surface area contributed by atoms with Gasteiger partial charge in [-0.2, -0.15) is 4.98 Å². The van der Waals surface area contributed by atoms with Gasteiger partial charge in [-0.1, -0.05) is 47.6 Å². The molecule has 2 atom stereocenters. The van der Waals surface area contributed by atoms with Crippen LogP contribution in [0.3, 0.4) is 0 Å². The highest BCUT2D eigenvalue weighted by Gasteiger charge is 2.58. The number of nitrogens with zero attached hydrogens (tertiary/aromatic N) is 4. The summed E-state index contributed by atoms with van der Waals surface area (Å²) < 4.78 is 5.62. The normalized spacial score (nSPS) is 22.2. The summed E-state index contributed by atoms with van der Waals surface area (Å²) in [5, 5.41) is 4.00. The van der Waals surface area contributed by atoms with Crippen molar-refractivity contribution in [3.63, 3.8) is 0 Å². The van der Waals surface area contributed by atoms with Gasteiger partial charge in [-0.3, -0.25) is 9.59 Å². The zero-order valence-corrected chi connectivity index (χ0v) is 18.3. The van der Waals surface area contributed by atoms with Crippen molar-refractivity contribution in [1.82, 2.24) is 19.9 Å². The number of fused-ring (bicyclic) bond motifs is 1. The van der Waals surface area contributed by atoms with Gasteiger partial charge >= 0.3 is 0 Å². The molecule has 2 amide bonds. The summed E-state index contributed by atoms with van der Waals surface area (Å²) in [4.78, 5) is 34.6. The highest BCUT2D eigenvalue weighted by molar-refractivity contribution is 5.94. The first kappa shape index (κ1) is 20.4. The summed E-state index contributed by atoms with van der Waals surface area (Å²) >= 11 is 0. The molecule has 2 fully saturated rings. The summed E-state index contributed by atoms with van der Waals surface area (Å²) in [7, 11) is 0. The first-order valence-corrected chi connectivity index (χ1v) is 10.9. The monoisotopic (exact) mass is 430 g/mol. The molecule has 164 valence electrons. The van der Waals surface area contributed by atoms with E-state index in [0.717, 1.165) is 11.1 Å². The summed E-state index contributed by atoms with van der Waals surface area (Å²) in [6, 6.07) is 17.3. The number of carbonyl (C=O) groups excluding carboxylic acids is 2. The molecule has 2 saturated heterocycles. The maximum atomic E-state index is 13.2. The van der Waals surface area contributed by atoms with Gasteiger partial charge in [0.15, 0.2) is 5.82 Å². The van der Waals surface area contributed by atoms with Crippen molar-refractivity contribution in [3.05, 3.63) is 83.0 Å². The van der Waals surface area contributed by atoms with E-state index in [4.69, 9.17) is 4.52 Å². The van der Waals surface area contributed by atoms with Crippen molar-refractivity contribution < 1.29 is 14.1 Å². The lowest BCUT2D eigenvalue weighted by atomic mass is 9.81. The lowest BCUT2D eigenvalue weighted by Gasteiger charge is -2.26. The fourth-order valence-corrected chi connectivity index (χ4v) is 5.06. The first-order chi connectivity index (χ1) is 15.5. The van der Waals surface area contributed by atoms with Gasteiger partial charge in [0.1, 0.15) is 0 Å². The van der Waals surface area contributed by atoms with Crippen LogP contribution in [0.25, 0.3) is 0 Å². The Bertz CT molecular complexity index is 1160. The fourth-order valence-electron chi connectivity index (χ4n) is 5.06. The highest BCUT2D eigenvalue weighted by Crippen LogP contribution is 2.44. The van der Waals surface area contributed by atoms with E-state index in [0.29, 0.717) is 49.9 Å². The fraction of sp³-hybridized carbons (Fsp3) is 0.360. The molecule has 32 heavy (non-hydrogen) atoms. The largest absolute Gasteiger partial charge is 0.341 e. The van der Waals surface area contributed by atoms with Crippen LogP contribution in [0.15, 0.2) is 59.1 Å². The van der Waals surface area contributed by atoms with Gasteiger partial charge < -0.3 is 14.3 Å². The molecule has 0 radical (unpaired) electrons. The Hall–Kier alpha value is -3.48. The Labute approximate surface area is 187 Å². The van der Waals surface area contributed by atoms with Gasteiger partial charge in [-0.05, 0) is 37.1 Å². The Morgan fingerprint density at radius 3 is 2.41 bits per heavy atom. The molecule has 0 unspecified atom stereocenters. The van der Waals surface area contributed by atoms with Crippen LogP contribution in [0.4, 0.5) is 0 Å². The Morgan fingerprint density at radius 2 is 1.69 bits per heavy atom. The molecule has 7 heteroatoms. The molecule has 5 rings (SSSR count). The van der Waals surface area contributed by atoms with Crippen LogP contribution in [0.2, 0.25) is 0 Å². The second-order valence-corrected chi connectivity index (χ2v) is 8.93. The second kappa shape index (κ2) is 7.89. The van der Waals surface area contributed by atoms with E-state index in [1.807, 2.05) is 71.3 Å². The lowest BCUT2D eigenvalue weighted by molar-refractivity contribution is -0.129. The topological polar surface area (TPSA) is 79.5 Å². The van der Waals surface area contributed by atoms with Crippen molar-refractivity contribution in [2.24, 2.45) is 5.92 Å². The van der Waals surface area contributed by atoms with E-state index in [2.05, 4.69) is 10.1 Å². The Balaban J connectivity index is 1.40. The van der Waals surface area contributed by atoms with E-state index in [9.17, 15) is 9.59 Å². The Morgan fingerprint density at radius 1 is 1.00 bits per heavy atom. The van der Waals surface area contributed by atoms with Crippen molar-refractivity contribution in [3.8, 4) is 0 Å². The summed E-state index contributed by atoms with van der Waals surface area (Å²) in [6.07, 6.45) is 0.366. The van der Waals surface area contributed by atoms with Gasteiger partial charge in [0.2, 0.25) is 11.8 Å². The number of hydrogen-bond donors (Lipinski definition) is 0. The van der Waals surface area contributed by atoms with Crippen molar-refractivity contribution in [1.29, 1.82) is 0 Å². The molecule has 3 heterocycles. The van der Waals surface area contributed by atoms with Crippen LogP contribution in [0.5, 0.6) is 0 Å². The second-order valence-electron chi connectivity index (χ2n) is 8.93. The van der Waals surface area contributed by atoms with E-state index in [-0.39, 0.29) is 17.7 Å². The standard InChI is InChI=1S/C25H26N4O3/c1-17-8-6-7-11-20(17)12-22(30)28-13-21-14-29(23(31)19-9-4-3-5-10-19)16-25(21,15-28)24-26-18(2)27-32-24/h3-11,21H,12-16H2,1-2H3/t21-,25-/m0/s1. The summed E-state index contributed by atoms with van der Waals surface area (Å²) in [5.41, 5.74) is 2.28. The van der Waals surface area contributed by atoms with Gasteiger partial charge in [0.25, 0.3) is 5.91 Å². The van der Waals surface area contributed by atoms with Crippen molar-refractivity contribution in [2.75, 3.05) is 26.2 Å². The van der Waals surface area contributed by atoms with Crippen LogP contribution in [0.1, 0.15) is 33.2 Å². The van der Waals surface area contributed by atoms with Gasteiger partial charge in [-0.25, -0.2) is 0 Å². The van der Waals surface area contributed by atoms with Crippen LogP contribution >= 0.6 is 0 Å². The zero-order chi connectivity index (χ0) is 22.3. The van der Waals surface area contributed by atoms with E-state index in [1.54, 1.807) is 6.92 Å². The lowest BCUT2D eigenvalue weighted by Crippen LogP contribution is -2.41. The molecule has 0 aliphatic carbocycles. The highest BCUT2D eigenvalue weighted by atomic mass is 16.5. The number of aryl methyl sites for hydroxylation is 2. The molecule has 0 spiro atoms. The van der Waals surface area contributed by atoms with Crippen LogP contribution < -0.4 is 0 Å². The maximum Gasteiger partial charge on any atom is 0.253 e. The summed E-state index contributed by atoms with van der Waals surface area (Å²) in [5.74, 6) is 1.22. The van der Waals surface area contributed by atoms with Crippen LogP contribution in [0, 0.1) is 19.8 Å². The SMILES string of the molecule is Cc1noc([C@]23CN(C(=O)Cc4ccccc4C)C[C@H]2CN(C(=O)c2ccccc2)C3)n1. The minimum Gasteiger partial charge on any atom is -0.341 e. The number of benzene rings is 2. The van der Waals surface area contributed by atoms with Gasteiger partial charge in [-0.15, -0.1) is 0 Å². The number of rotatable bonds is 4. The smallest absolute Gasteiger partial charge is 0.253 e. The minimum absolute atomic E-state index is 0.00611. The maximum absolute atomic E-state index is 13.2. The van der Waals surface area contributed by atoms with Gasteiger partial charge in [0.05, 0.1) is 11.8 Å². The molecule has 0 N–H and O–H groups in total. The van der Waals surface area contributed by atoms with E-state index in [1.165, 1.54) is 0 Å². The molecule has 2 aliphatic rings. The predicted octanol–water partition coefficient (Wildman–Crippen LogP) is 2.78. The number of likely N-dealkylation sites (tertiary alicyclic amines) is 2. The molecule has 3 aromatic rings. The molecular weight excluding hydrogens is 404 g/mol. The number of carbonyl (C=O) groups is 2. The van der Waals surface area contributed by atoms with Crippen molar-refractivity contribution >= 4 is 11.8 Å². The molecule has 2 aromatic carbocycles. The quantitative estimate of drug-likeness (QED) is 0.636. The zero-order valence-electron chi connectivity index (χ0n) is 18.3. The van der Waals surface area contributed by atoms with Gasteiger partial charge in [0, 0.05) is 37.7 Å². The third kappa shape index (κ3) is 3.47. The number of aromatic nitrogens is 2. The molecule has 7 nitrogen and oxygen atoms in total. The number of amides is 2. The molecule has 1 aromatic heterocycles. The third-order valence-electron chi connectivity index (χ3n) is 6.83. The molecular formula is C25H26N4O3. The third-order valence-corrected chi connectivity index (χ3v) is 6.83.